The molecule has 1 aliphatic heterocycles. The summed E-state index contributed by atoms with van der Waals surface area (Å²) in [5, 5.41) is 11.4. The van der Waals surface area contributed by atoms with E-state index in [0.717, 1.165) is 30.8 Å². The summed E-state index contributed by atoms with van der Waals surface area (Å²) in [6.07, 6.45) is 2.53. The van der Waals surface area contributed by atoms with Crippen molar-refractivity contribution in [3.63, 3.8) is 0 Å². The van der Waals surface area contributed by atoms with Crippen LogP contribution in [0.2, 0.25) is 0 Å². The van der Waals surface area contributed by atoms with E-state index in [1.54, 1.807) is 6.20 Å². The van der Waals surface area contributed by atoms with Crippen molar-refractivity contribution in [3.8, 4) is 10.6 Å². The van der Waals surface area contributed by atoms with E-state index >= 15 is 0 Å². The van der Waals surface area contributed by atoms with Gasteiger partial charge in [-0.25, -0.2) is 18.6 Å². The molecule has 2 aromatic rings. The van der Waals surface area contributed by atoms with Crippen LogP contribution in [0.3, 0.4) is 0 Å². The minimum Gasteiger partial charge on any atom is -0.465 e. The fourth-order valence-electron chi connectivity index (χ4n) is 3.00. The van der Waals surface area contributed by atoms with E-state index in [4.69, 9.17) is 5.11 Å². The molecule has 134 valence electrons. The predicted octanol–water partition coefficient (Wildman–Crippen LogP) is 3.57. The molecule has 0 saturated carbocycles. The minimum atomic E-state index is -0.986. The van der Waals surface area contributed by atoms with Crippen molar-refractivity contribution in [1.82, 2.24) is 15.2 Å². The predicted molar refractivity (Wildman–Crippen MR) is 91.5 cm³/mol. The Hall–Kier alpha value is -2.06. The fourth-order valence-corrected chi connectivity index (χ4v) is 4.00. The molecule has 0 spiro atoms. The summed E-state index contributed by atoms with van der Waals surface area (Å²) in [7, 11) is 0. The Bertz CT molecular complexity index is 725. The minimum absolute atomic E-state index is 0.0720. The van der Waals surface area contributed by atoms with Crippen LogP contribution in [-0.2, 0) is 6.54 Å². The summed E-state index contributed by atoms with van der Waals surface area (Å²) in [5.41, 5.74) is -0.0720. The van der Waals surface area contributed by atoms with Crippen LogP contribution >= 0.6 is 11.3 Å². The van der Waals surface area contributed by atoms with Gasteiger partial charge in [0.1, 0.15) is 16.6 Å². The highest BCUT2D eigenvalue weighted by Crippen LogP contribution is 2.30. The highest BCUT2D eigenvalue weighted by molar-refractivity contribution is 7.15. The highest BCUT2D eigenvalue weighted by Gasteiger charge is 2.21. The first-order valence-corrected chi connectivity index (χ1v) is 8.93. The van der Waals surface area contributed by atoms with Crippen molar-refractivity contribution in [2.45, 2.75) is 19.4 Å². The van der Waals surface area contributed by atoms with E-state index in [9.17, 15) is 13.6 Å². The summed E-state index contributed by atoms with van der Waals surface area (Å²) >= 11 is 1.30. The van der Waals surface area contributed by atoms with Crippen LogP contribution in [-0.4, -0.2) is 40.7 Å². The van der Waals surface area contributed by atoms with Crippen LogP contribution in [0.15, 0.2) is 24.4 Å². The Morgan fingerprint density at radius 1 is 1.32 bits per heavy atom. The summed E-state index contributed by atoms with van der Waals surface area (Å²) < 4.78 is 27.7. The Morgan fingerprint density at radius 2 is 2.00 bits per heavy atom. The second-order valence-electron chi connectivity index (χ2n) is 6.13. The average molecular weight is 367 g/mol. The Morgan fingerprint density at radius 3 is 2.64 bits per heavy atom. The van der Waals surface area contributed by atoms with Gasteiger partial charge in [-0.15, -0.1) is 11.3 Å². The van der Waals surface area contributed by atoms with Gasteiger partial charge in [0.25, 0.3) is 0 Å². The van der Waals surface area contributed by atoms with E-state index in [1.165, 1.54) is 29.5 Å². The molecule has 0 radical (unpaired) electrons. The summed E-state index contributed by atoms with van der Waals surface area (Å²) in [6, 6.07) is 3.80. The van der Waals surface area contributed by atoms with Crippen molar-refractivity contribution < 1.29 is 18.7 Å². The van der Waals surface area contributed by atoms with E-state index in [2.05, 4.69) is 15.2 Å². The number of halogens is 2. The number of carbonyl (C=O) groups is 1. The molecule has 8 heteroatoms. The molecule has 1 aromatic carbocycles. The number of thiazole rings is 1. The topological polar surface area (TPSA) is 65.5 Å². The first kappa shape index (κ1) is 17.8. The number of carboxylic acid groups (broad SMARTS) is 1. The number of hydrogen-bond donors (Lipinski definition) is 2. The highest BCUT2D eigenvalue weighted by atomic mass is 32.1. The van der Waals surface area contributed by atoms with Gasteiger partial charge in [-0.1, -0.05) is 6.07 Å². The number of rotatable bonds is 5. The smallest absolute Gasteiger partial charge is 0.404 e. The van der Waals surface area contributed by atoms with Gasteiger partial charge in [-0.2, -0.15) is 0 Å². The monoisotopic (exact) mass is 367 g/mol. The lowest BCUT2D eigenvalue weighted by Gasteiger charge is -2.31. The fraction of sp³-hybridized carbons (Fsp3) is 0.412. The van der Waals surface area contributed by atoms with E-state index in [1.807, 2.05) is 0 Å². The first-order chi connectivity index (χ1) is 12.0. The largest absolute Gasteiger partial charge is 0.465 e. The number of amides is 1. The molecular formula is C17H19F2N3O2S. The van der Waals surface area contributed by atoms with Crippen LogP contribution in [0.1, 0.15) is 17.7 Å². The second-order valence-corrected chi connectivity index (χ2v) is 7.25. The van der Waals surface area contributed by atoms with E-state index in [-0.39, 0.29) is 5.56 Å². The summed E-state index contributed by atoms with van der Waals surface area (Å²) in [4.78, 5) is 17.9. The van der Waals surface area contributed by atoms with Crippen molar-refractivity contribution in [3.05, 3.63) is 40.9 Å². The molecule has 1 aliphatic rings. The molecule has 2 N–H and O–H groups in total. The second kappa shape index (κ2) is 7.88. The molecule has 1 saturated heterocycles. The van der Waals surface area contributed by atoms with Gasteiger partial charge in [-0.05, 0) is 44.0 Å². The van der Waals surface area contributed by atoms with Gasteiger partial charge >= 0.3 is 6.09 Å². The van der Waals surface area contributed by atoms with E-state index in [0.29, 0.717) is 24.0 Å². The number of hydrogen-bond acceptors (Lipinski definition) is 4. The molecule has 0 aliphatic carbocycles. The third kappa shape index (κ3) is 4.52. The van der Waals surface area contributed by atoms with Gasteiger partial charge in [0.15, 0.2) is 0 Å². The first-order valence-electron chi connectivity index (χ1n) is 8.11. The third-order valence-electron chi connectivity index (χ3n) is 4.36. The van der Waals surface area contributed by atoms with Gasteiger partial charge in [0.05, 0.1) is 5.56 Å². The molecule has 1 aromatic heterocycles. The maximum atomic E-state index is 13.8. The molecule has 5 nitrogen and oxygen atoms in total. The Labute approximate surface area is 148 Å². The zero-order valence-corrected chi connectivity index (χ0v) is 14.4. The maximum absolute atomic E-state index is 13.8. The zero-order chi connectivity index (χ0) is 17.8. The molecule has 3 rings (SSSR count). The number of aromatic nitrogens is 1. The molecule has 0 bridgehead atoms. The SMILES string of the molecule is O=C(O)NCC1CCN(Cc2cnc(-c3c(F)cccc3F)s2)CC1. The number of benzene rings is 1. The number of piperidine rings is 1. The van der Waals surface area contributed by atoms with Crippen molar-refractivity contribution in [2.24, 2.45) is 5.92 Å². The average Bonchev–Trinajstić information content (AvgIpc) is 3.02. The van der Waals surface area contributed by atoms with Gasteiger partial charge in [0, 0.05) is 24.2 Å². The van der Waals surface area contributed by atoms with Gasteiger partial charge < -0.3 is 10.4 Å². The third-order valence-corrected chi connectivity index (χ3v) is 5.36. The van der Waals surface area contributed by atoms with Crippen LogP contribution in [0.25, 0.3) is 10.6 Å². The zero-order valence-electron chi connectivity index (χ0n) is 13.5. The van der Waals surface area contributed by atoms with Gasteiger partial charge in [0.2, 0.25) is 0 Å². The number of nitrogens with one attached hydrogen (secondary N) is 1. The maximum Gasteiger partial charge on any atom is 0.404 e. The molecular weight excluding hydrogens is 348 g/mol. The lowest BCUT2D eigenvalue weighted by atomic mass is 9.97. The molecule has 0 atom stereocenters. The van der Waals surface area contributed by atoms with Crippen molar-refractivity contribution >= 4 is 17.4 Å². The van der Waals surface area contributed by atoms with Crippen LogP contribution in [0.5, 0.6) is 0 Å². The normalized spacial score (nSPS) is 16.1. The van der Waals surface area contributed by atoms with E-state index < -0.39 is 17.7 Å². The Kier molecular flexibility index (Phi) is 5.60. The molecule has 25 heavy (non-hydrogen) atoms. The quantitative estimate of drug-likeness (QED) is 0.848. The molecule has 1 amide bonds. The van der Waals surface area contributed by atoms with Crippen LogP contribution in [0, 0.1) is 17.6 Å². The van der Waals surface area contributed by atoms with Crippen LogP contribution < -0.4 is 5.32 Å². The lowest BCUT2D eigenvalue weighted by molar-refractivity contribution is 0.167. The Balaban J connectivity index is 1.57. The molecule has 0 unspecified atom stereocenters. The summed E-state index contributed by atoms with van der Waals surface area (Å²) in [6.45, 7) is 2.91. The summed E-state index contributed by atoms with van der Waals surface area (Å²) in [5.74, 6) is -0.850. The molecule has 1 fully saturated rings. The number of nitrogens with zero attached hydrogens (tertiary/aromatic N) is 2. The number of likely N-dealkylation sites (tertiary alicyclic amines) is 1. The lowest BCUT2D eigenvalue weighted by Crippen LogP contribution is -2.37. The van der Waals surface area contributed by atoms with Crippen LogP contribution in [0.4, 0.5) is 13.6 Å². The van der Waals surface area contributed by atoms with Gasteiger partial charge in [-0.3, -0.25) is 4.90 Å². The molecule has 2 heterocycles. The van der Waals surface area contributed by atoms with Crippen molar-refractivity contribution in [2.75, 3.05) is 19.6 Å². The standard InChI is InChI=1S/C17H19F2N3O2S/c18-13-2-1-3-14(19)15(13)16-20-9-12(25-16)10-22-6-4-11(5-7-22)8-21-17(23)24/h1-3,9,11,21H,4-8,10H2,(H,23,24). The van der Waals surface area contributed by atoms with Crippen molar-refractivity contribution in [1.29, 1.82) is 0 Å².